The van der Waals surface area contributed by atoms with Crippen LogP contribution in [0.2, 0.25) is 0 Å². The summed E-state index contributed by atoms with van der Waals surface area (Å²) in [4.78, 5) is 13.3. The number of nitrogens with zero attached hydrogens (tertiary/aromatic N) is 1. The van der Waals surface area contributed by atoms with E-state index in [1.807, 2.05) is 18.2 Å². The Labute approximate surface area is 106 Å². The second-order valence-electron chi connectivity index (χ2n) is 4.43. The van der Waals surface area contributed by atoms with Gasteiger partial charge in [-0.05, 0) is 36.6 Å². The molecule has 2 rings (SSSR count). The summed E-state index contributed by atoms with van der Waals surface area (Å²) in [5.41, 5.74) is 7.41. The van der Waals surface area contributed by atoms with Crippen LogP contribution in [0.1, 0.15) is 12.0 Å². The Morgan fingerprint density at radius 2 is 2.39 bits per heavy atom. The first-order valence-corrected chi connectivity index (χ1v) is 6.03. The maximum atomic E-state index is 11.9. The molecule has 18 heavy (non-hydrogen) atoms. The number of amides is 1. The van der Waals surface area contributed by atoms with E-state index in [9.17, 15) is 4.79 Å². The van der Waals surface area contributed by atoms with Gasteiger partial charge < -0.3 is 20.5 Å². The number of fused-ring (bicyclic) bond motifs is 1. The molecule has 1 aromatic rings. The Bertz CT molecular complexity index is 448. The van der Waals surface area contributed by atoms with Crippen LogP contribution in [-0.2, 0) is 11.2 Å². The van der Waals surface area contributed by atoms with E-state index in [1.165, 1.54) is 4.90 Å². The second-order valence-corrected chi connectivity index (χ2v) is 4.43. The van der Waals surface area contributed by atoms with Crippen LogP contribution in [0, 0.1) is 0 Å². The molecule has 0 saturated carbocycles. The highest BCUT2D eigenvalue weighted by molar-refractivity contribution is 5.96. The standard InChI is InChI=1S/C13H18N2O3/c1-15(13(17)11(14)8-16)10-4-5-12-9(7-10)3-2-6-18-12/h4-5,7,11,16H,2-3,6,8,14H2,1H3. The van der Waals surface area contributed by atoms with Crippen molar-refractivity contribution in [3.05, 3.63) is 23.8 Å². The van der Waals surface area contributed by atoms with Crippen LogP contribution in [0.25, 0.3) is 0 Å². The first-order chi connectivity index (χ1) is 8.63. The third kappa shape index (κ3) is 2.47. The van der Waals surface area contributed by atoms with Crippen molar-refractivity contribution in [2.75, 3.05) is 25.2 Å². The topological polar surface area (TPSA) is 75.8 Å². The van der Waals surface area contributed by atoms with Gasteiger partial charge in [0.25, 0.3) is 0 Å². The van der Waals surface area contributed by atoms with Crippen molar-refractivity contribution in [2.45, 2.75) is 18.9 Å². The number of nitrogens with two attached hydrogens (primary N) is 1. The predicted molar refractivity (Wildman–Crippen MR) is 68.7 cm³/mol. The lowest BCUT2D eigenvalue weighted by Crippen LogP contribution is -2.44. The van der Waals surface area contributed by atoms with Crippen molar-refractivity contribution < 1.29 is 14.6 Å². The van der Waals surface area contributed by atoms with E-state index in [-0.39, 0.29) is 12.5 Å². The van der Waals surface area contributed by atoms with E-state index in [0.717, 1.165) is 36.4 Å². The summed E-state index contributed by atoms with van der Waals surface area (Å²) < 4.78 is 5.52. The summed E-state index contributed by atoms with van der Waals surface area (Å²) in [6.45, 7) is 0.397. The van der Waals surface area contributed by atoms with Gasteiger partial charge in [-0.1, -0.05) is 0 Å². The average Bonchev–Trinajstić information content (AvgIpc) is 2.44. The summed E-state index contributed by atoms with van der Waals surface area (Å²) in [5, 5.41) is 8.90. The SMILES string of the molecule is CN(C(=O)C(N)CO)c1ccc2c(c1)CCCO2. The van der Waals surface area contributed by atoms with Gasteiger partial charge in [0.05, 0.1) is 13.2 Å². The van der Waals surface area contributed by atoms with E-state index in [0.29, 0.717) is 0 Å². The number of carbonyl (C=O) groups excluding carboxylic acids is 1. The fraction of sp³-hybridized carbons (Fsp3) is 0.462. The molecule has 0 saturated heterocycles. The predicted octanol–water partition coefficient (Wildman–Crippen LogP) is 0.294. The van der Waals surface area contributed by atoms with Gasteiger partial charge in [-0.15, -0.1) is 0 Å². The molecule has 1 unspecified atom stereocenters. The van der Waals surface area contributed by atoms with Gasteiger partial charge in [0.2, 0.25) is 5.91 Å². The lowest BCUT2D eigenvalue weighted by molar-refractivity contribution is -0.120. The highest BCUT2D eigenvalue weighted by Crippen LogP contribution is 2.28. The Morgan fingerprint density at radius 1 is 1.61 bits per heavy atom. The van der Waals surface area contributed by atoms with E-state index in [2.05, 4.69) is 0 Å². The number of aryl methyl sites for hydroxylation is 1. The summed E-state index contributed by atoms with van der Waals surface area (Å²) in [6, 6.07) is 4.77. The molecule has 1 aromatic carbocycles. The molecular formula is C13H18N2O3. The smallest absolute Gasteiger partial charge is 0.246 e. The fourth-order valence-electron chi connectivity index (χ4n) is 2.01. The van der Waals surface area contributed by atoms with E-state index in [1.54, 1.807) is 7.05 Å². The average molecular weight is 250 g/mol. The first-order valence-electron chi connectivity index (χ1n) is 6.03. The Morgan fingerprint density at radius 3 is 3.11 bits per heavy atom. The Kier molecular flexibility index (Phi) is 3.84. The molecule has 0 radical (unpaired) electrons. The zero-order valence-corrected chi connectivity index (χ0v) is 10.4. The monoisotopic (exact) mass is 250 g/mol. The number of hydrogen-bond acceptors (Lipinski definition) is 4. The number of aliphatic hydroxyl groups excluding tert-OH is 1. The maximum absolute atomic E-state index is 11.9. The number of carbonyl (C=O) groups is 1. The maximum Gasteiger partial charge on any atom is 0.246 e. The summed E-state index contributed by atoms with van der Waals surface area (Å²) in [5.74, 6) is 0.589. The van der Waals surface area contributed by atoms with Crippen molar-refractivity contribution in [2.24, 2.45) is 5.73 Å². The molecule has 5 heteroatoms. The van der Waals surface area contributed by atoms with Crippen molar-refractivity contribution in [1.82, 2.24) is 0 Å². The summed E-state index contributed by atoms with van der Waals surface area (Å²) in [6.07, 6.45) is 1.95. The zero-order chi connectivity index (χ0) is 13.1. The van der Waals surface area contributed by atoms with E-state index in [4.69, 9.17) is 15.6 Å². The molecule has 5 nitrogen and oxygen atoms in total. The number of benzene rings is 1. The molecule has 1 heterocycles. The molecular weight excluding hydrogens is 232 g/mol. The molecule has 1 aliphatic rings. The van der Waals surface area contributed by atoms with Gasteiger partial charge in [0.15, 0.2) is 0 Å². The largest absolute Gasteiger partial charge is 0.493 e. The minimum absolute atomic E-state index is 0.297. The first kappa shape index (κ1) is 12.9. The van der Waals surface area contributed by atoms with Crippen LogP contribution in [0.3, 0.4) is 0 Å². The lowest BCUT2D eigenvalue weighted by atomic mass is 10.1. The highest BCUT2D eigenvalue weighted by atomic mass is 16.5. The molecule has 3 N–H and O–H groups in total. The van der Waals surface area contributed by atoms with Gasteiger partial charge in [0, 0.05) is 12.7 Å². The molecule has 0 fully saturated rings. The van der Waals surface area contributed by atoms with Gasteiger partial charge >= 0.3 is 0 Å². The molecule has 0 aliphatic carbocycles. The molecule has 0 spiro atoms. The van der Waals surface area contributed by atoms with Crippen LogP contribution in [-0.4, -0.2) is 37.3 Å². The lowest BCUT2D eigenvalue weighted by Gasteiger charge is -2.23. The minimum Gasteiger partial charge on any atom is -0.493 e. The molecule has 1 aliphatic heterocycles. The number of aliphatic hydroxyl groups is 1. The molecule has 0 aromatic heterocycles. The van der Waals surface area contributed by atoms with Crippen LogP contribution in [0.15, 0.2) is 18.2 Å². The number of likely N-dealkylation sites (N-methyl/N-ethyl adjacent to an activating group) is 1. The molecule has 0 bridgehead atoms. The summed E-state index contributed by atoms with van der Waals surface area (Å²) >= 11 is 0. The summed E-state index contributed by atoms with van der Waals surface area (Å²) in [7, 11) is 1.66. The van der Waals surface area contributed by atoms with Crippen molar-refractivity contribution in [1.29, 1.82) is 0 Å². The van der Waals surface area contributed by atoms with Crippen LogP contribution < -0.4 is 15.4 Å². The van der Waals surface area contributed by atoms with E-state index < -0.39 is 6.04 Å². The number of ether oxygens (including phenoxy) is 1. The number of anilines is 1. The molecule has 1 amide bonds. The third-order valence-electron chi connectivity index (χ3n) is 3.12. The van der Waals surface area contributed by atoms with Crippen LogP contribution in [0.5, 0.6) is 5.75 Å². The van der Waals surface area contributed by atoms with Gasteiger partial charge in [-0.25, -0.2) is 0 Å². The van der Waals surface area contributed by atoms with Crippen molar-refractivity contribution in [3.8, 4) is 5.75 Å². The Balaban J connectivity index is 2.20. The van der Waals surface area contributed by atoms with E-state index >= 15 is 0 Å². The Hall–Kier alpha value is -1.59. The van der Waals surface area contributed by atoms with Crippen molar-refractivity contribution >= 4 is 11.6 Å². The molecule has 98 valence electrons. The zero-order valence-electron chi connectivity index (χ0n) is 10.4. The van der Waals surface area contributed by atoms with Gasteiger partial charge in [-0.3, -0.25) is 4.79 Å². The second kappa shape index (κ2) is 5.37. The number of rotatable bonds is 3. The highest BCUT2D eigenvalue weighted by Gasteiger charge is 2.20. The minimum atomic E-state index is -0.873. The van der Waals surface area contributed by atoms with Crippen LogP contribution >= 0.6 is 0 Å². The van der Waals surface area contributed by atoms with Crippen LogP contribution in [0.4, 0.5) is 5.69 Å². The van der Waals surface area contributed by atoms with Crippen molar-refractivity contribution in [3.63, 3.8) is 0 Å². The number of hydrogen-bond donors (Lipinski definition) is 2. The van der Waals surface area contributed by atoms with Gasteiger partial charge in [0.1, 0.15) is 11.8 Å². The fourth-order valence-corrected chi connectivity index (χ4v) is 2.01. The van der Waals surface area contributed by atoms with Gasteiger partial charge in [-0.2, -0.15) is 0 Å². The molecule has 1 atom stereocenters. The normalized spacial score (nSPS) is 15.5. The third-order valence-corrected chi connectivity index (χ3v) is 3.12. The quantitative estimate of drug-likeness (QED) is 0.808.